The number of carbonyl (C=O) groups is 1. The summed E-state index contributed by atoms with van der Waals surface area (Å²) in [6.45, 7) is 1.76. The number of ether oxygens (including phenoxy) is 1. The fourth-order valence-electron chi connectivity index (χ4n) is 2.29. The number of hydrogen-bond donors (Lipinski definition) is 2. The van der Waals surface area contributed by atoms with E-state index < -0.39 is 17.9 Å². The van der Waals surface area contributed by atoms with Crippen LogP contribution in [0.3, 0.4) is 0 Å². The predicted molar refractivity (Wildman–Crippen MR) is 80.8 cm³/mol. The maximum atomic E-state index is 12.3. The van der Waals surface area contributed by atoms with Gasteiger partial charge in [0.2, 0.25) is 5.13 Å². The van der Waals surface area contributed by atoms with Gasteiger partial charge in [0, 0.05) is 0 Å². The van der Waals surface area contributed by atoms with E-state index in [1.807, 2.05) is 0 Å². The maximum absolute atomic E-state index is 12.3. The van der Waals surface area contributed by atoms with Gasteiger partial charge in [-0.3, -0.25) is 5.32 Å². The van der Waals surface area contributed by atoms with Gasteiger partial charge in [0.25, 0.3) is 0 Å². The Hall–Kier alpha value is -2.36. The van der Waals surface area contributed by atoms with Crippen LogP contribution in [0.1, 0.15) is 23.4 Å². The van der Waals surface area contributed by atoms with Crippen LogP contribution < -0.4 is 15.4 Å². The summed E-state index contributed by atoms with van der Waals surface area (Å²) < 4.78 is 40.9. The maximum Gasteiger partial charge on any atom is 0.573 e. The normalized spacial score (nSPS) is 15.7. The van der Waals surface area contributed by atoms with E-state index in [0.29, 0.717) is 28.5 Å². The quantitative estimate of drug-likeness (QED) is 0.876. The van der Waals surface area contributed by atoms with E-state index >= 15 is 0 Å². The molecule has 1 aromatic carbocycles. The van der Waals surface area contributed by atoms with Gasteiger partial charge in [0.15, 0.2) is 0 Å². The number of rotatable bonds is 4. The Labute approximate surface area is 139 Å². The van der Waals surface area contributed by atoms with Crippen molar-refractivity contribution in [3.05, 3.63) is 34.8 Å². The fourth-order valence-corrected chi connectivity index (χ4v) is 2.88. The molecule has 0 unspecified atom stereocenters. The predicted octanol–water partition coefficient (Wildman–Crippen LogP) is 3.56. The molecule has 2 N–H and O–H groups in total. The average molecular weight is 358 g/mol. The summed E-state index contributed by atoms with van der Waals surface area (Å²) in [6, 6.07) is 5.15. The zero-order chi connectivity index (χ0) is 17.4. The Morgan fingerprint density at radius 2 is 2.08 bits per heavy atom. The number of aromatic nitrogens is 2. The van der Waals surface area contributed by atoms with Crippen molar-refractivity contribution in [2.75, 3.05) is 5.32 Å². The van der Waals surface area contributed by atoms with Crippen molar-refractivity contribution in [2.24, 2.45) is 0 Å². The second-order valence-electron chi connectivity index (χ2n) is 5.36. The van der Waals surface area contributed by atoms with Crippen LogP contribution in [0.25, 0.3) is 0 Å². The Kier molecular flexibility index (Phi) is 4.08. The first-order chi connectivity index (χ1) is 11.3. The van der Waals surface area contributed by atoms with E-state index in [-0.39, 0.29) is 5.75 Å². The molecule has 1 aliphatic carbocycles. The molecule has 128 valence electrons. The molecule has 0 radical (unpaired) electrons. The fraction of sp³-hybridized carbons (Fsp3) is 0.357. The third-order valence-corrected chi connectivity index (χ3v) is 4.22. The number of anilines is 1. The first-order valence-electron chi connectivity index (χ1n) is 7.01. The highest BCUT2D eigenvalue weighted by atomic mass is 32.1. The lowest BCUT2D eigenvalue weighted by atomic mass is 10.0. The minimum atomic E-state index is -4.75. The van der Waals surface area contributed by atoms with Gasteiger partial charge in [-0.2, -0.15) is 0 Å². The number of hydrogen-bond acceptors (Lipinski definition) is 5. The van der Waals surface area contributed by atoms with Crippen molar-refractivity contribution < 1.29 is 22.7 Å². The van der Waals surface area contributed by atoms with Crippen LogP contribution in [-0.2, 0) is 5.54 Å². The molecule has 1 heterocycles. The first-order valence-corrected chi connectivity index (χ1v) is 7.83. The molecule has 2 amide bonds. The van der Waals surface area contributed by atoms with E-state index in [2.05, 4.69) is 25.6 Å². The summed E-state index contributed by atoms with van der Waals surface area (Å²) >= 11 is 1.23. The summed E-state index contributed by atoms with van der Waals surface area (Å²) in [5.74, 6) is -0.312. The Balaban J connectivity index is 1.69. The summed E-state index contributed by atoms with van der Waals surface area (Å²) in [5, 5.41) is 14.0. The van der Waals surface area contributed by atoms with Crippen molar-refractivity contribution in [1.29, 1.82) is 0 Å². The molecule has 1 fully saturated rings. The second-order valence-corrected chi connectivity index (χ2v) is 6.54. The molecule has 0 bridgehead atoms. The van der Waals surface area contributed by atoms with E-state index in [0.717, 1.165) is 0 Å². The first kappa shape index (κ1) is 16.5. The van der Waals surface area contributed by atoms with Gasteiger partial charge in [-0.1, -0.05) is 23.5 Å². The van der Waals surface area contributed by atoms with Crippen LogP contribution in [0.5, 0.6) is 5.75 Å². The Morgan fingerprint density at radius 3 is 2.67 bits per heavy atom. The van der Waals surface area contributed by atoms with Crippen LogP contribution in [0.15, 0.2) is 24.3 Å². The Bertz CT molecular complexity index is 758. The summed E-state index contributed by atoms with van der Waals surface area (Å²) in [6.07, 6.45) is -3.49. The van der Waals surface area contributed by atoms with Gasteiger partial charge in [-0.05, 0) is 37.5 Å². The number of amides is 2. The number of urea groups is 1. The van der Waals surface area contributed by atoms with Gasteiger partial charge in [0.1, 0.15) is 10.8 Å². The lowest BCUT2D eigenvalue weighted by Gasteiger charge is -2.19. The zero-order valence-electron chi connectivity index (χ0n) is 12.5. The van der Waals surface area contributed by atoms with E-state index in [1.165, 1.54) is 29.5 Å². The molecule has 6 nitrogen and oxygen atoms in total. The minimum Gasteiger partial charge on any atom is -0.406 e. The summed E-state index contributed by atoms with van der Waals surface area (Å²) in [5.41, 5.74) is -0.123. The van der Waals surface area contributed by atoms with Gasteiger partial charge in [0.05, 0.1) is 5.54 Å². The number of benzene rings is 1. The van der Waals surface area contributed by atoms with Crippen LogP contribution in [-0.4, -0.2) is 22.6 Å². The van der Waals surface area contributed by atoms with Crippen LogP contribution in [0, 0.1) is 6.92 Å². The lowest BCUT2D eigenvalue weighted by Crippen LogP contribution is -2.38. The van der Waals surface area contributed by atoms with Crippen molar-refractivity contribution in [1.82, 2.24) is 15.5 Å². The Morgan fingerprint density at radius 1 is 1.33 bits per heavy atom. The topological polar surface area (TPSA) is 76.1 Å². The van der Waals surface area contributed by atoms with Crippen molar-refractivity contribution in [3.8, 4) is 5.75 Å². The monoisotopic (exact) mass is 358 g/mol. The van der Waals surface area contributed by atoms with Gasteiger partial charge in [-0.25, -0.2) is 4.79 Å². The van der Waals surface area contributed by atoms with E-state index in [1.54, 1.807) is 13.0 Å². The van der Waals surface area contributed by atoms with Crippen molar-refractivity contribution in [2.45, 2.75) is 31.7 Å². The summed E-state index contributed by atoms with van der Waals surface area (Å²) in [7, 11) is 0. The molecule has 0 aliphatic heterocycles. The largest absolute Gasteiger partial charge is 0.573 e. The molecule has 1 saturated carbocycles. The zero-order valence-corrected chi connectivity index (χ0v) is 13.3. The SMILES string of the molecule is Cc1nnc(NC(=O)NC2(c3cccc(OC(F)(F)F)c3)CC2)s1. The smallest absolute Gasteiger partial charge is 0.406 e. The van der Waals surface area contributed by atoms with Gasteiger partial charge >= 0.3 is 12.4 Å². The third-order valence-electron chi connectivity index (χ3n) is 3.47. The second kappa shape index (κ2) is 5.93. The van der Waals surface area contributed by atoms with Gasteiger partial charge < -0.3 is 10.1 Å². The van der Waals surface area contributed by atoms with Crippen molar-refractivity contribution in [3.63, 3.8) is 0 Å². The number of aryl methyl sites for hydroxylation is 1. The standard InChI is InChI=1S/C14H13F3N4O2S/c1-8-20-21-12(24-8)18-11(22)19-13(5-6-13)9-3-2-4-10(7-9)23-14(15,16)17/h2-4,7H,5-6H2,1H3,(H2,18,19,21,22). The molecule has 0 atom stereocenters. The molecule has 1 aliphatic rings. The molecule has 2 aromatic rings. The average Bonchev–Trinajstić information content (AvgIpc) is 3.13. The molecule has 24 heavy (non-hydrogen) atoms. The highest BCUT2D eigenvalue weighted by molar-refractivity contribution is 7.15. The van der Waals surface area contributed by atoms with Crippen LogP contribution in [0.4, 0.5) is 23.1 Å². The minimum absolute atomic E-state index is 0.312. The lowest BCUT2D eigenvalue weighted by molar-refractivity contribution is -0.274. The summed E-state index contributed by atoms with van der Waals surface area (Å²) in [4.78, 5) is 12.1. The molecule has 0 spiro atoms. The highest BCUT2D eigenvalue weighted by Gasteiger charge is 2.46. The third kappa shape index (κ3) is 3.94. The van der Waals surface area contributed by atoms with Gasteiger partial charge in [-0.15, -0.1) is 23.4 Å². The molecular weight excluding hydrogens is 345 g/mol. The van der Waals surface area contributed by atoms with Crippen LogP contribution >= 0.6 is 11.3 Å². The number of nitrogens with zero attached hydrogens (tertiary/aromatic N) is 2. The molecule has 10 heteroatoms. The van der Waals surface area contributed by atoms with E-state index in [9.17, 15) is 18.0 Å². The molecule has 0 saturated heterocycles. The highest BCUT2D eigenvalue weighted by Crippen LogP contribution is 2.46. The van der Waals surface area contributed by atoms with Crippen molar-refractivity contribution >= 4 is 22.5 Å². The molecule has 1 aromatic heterocycles. The van der Waals surface area contributed by atoms with Crippen LogP contribution in [0.2, 0.25) is 0 Å². The number of nitrogens with one attached hydrogen (secondary N) is 2. The number of alkyl halides is 3. The number of carbonyl (C=O) groups excluding carboxylic acids is 1. The molecule has 3 rings (SSSR count). The van der Waals surface area contributed by atoms with E-state index in [4.69, 9.17) is 0 Å². The molecular formula is C14H13F3N4O2S. The number of halogens is 3.